The van der Waals surface area contributed by atoms with Gasteiger partial charge in [-0.1, -0.05) is 29.8 Å². The van der Waals surface area contributed by atoms with Crippen molar-refractivity contribution in [2.75, 3.05) is 25.0 Å². The molecule has 30 heavy (non-hydrogen) atoms. The number of halogens is 1. The molecule has 0 saturated carbocycles. The summed E-state index contributed by atoms with van der Waals surface area (Å²) in [6, 6.07) is 7.32. The minimum absolute atomic E-state index is 0.0226. The van der Waals surface area contributed by atoms with Crippen LogP contribution in [0.2, 0.25) is 5.02 Å². The zero-order chi connectivity index (χ0) is 21.3. The van der Waals surface area contributed by atoms with E-state index in [-0.39, 0.29) is 23.9 Å². The normalized spacial score (nSPS) is 20.0. The number of anilines is 1. The Kier molecular flexibility index (Phi) is 5.92. The highest BCUT2D eigenvalue weighted by Crippen LogP contribution is 2.25. The number of likely N-dealkylation sites (tertiary alicyclic amines) is 1. The van der Waals surface area contributed by atoms with Gasteiger partial charge < -0.3 is 14.8 Å². The van der Waals surface area contributed by atoms with E-state index in [2.05, 4.69) is 22.1 Å². The fourth-order valence-corrected chi connectivity index (χ4v) is 4.11. The summed E-state index contributed by atoms with van der Waals surface area (Å²) in [5, 5.41) is 3.32. The van der Waals surface area contributed by atoms with E-state index in [0.717, 1.165) is 13.1 Å². The summed E-state index contributed by atoms with van der Waals surface area (Å²) in [7, 11) is 0. The Morgan fingerprint density at radius 1 is 1.30 bits per heavy atom. The lowest BCUT2D eigenvalue weighted by molar-refractivity contribution is -0.128. The first kappa shape index (κ1) is 20.6. The molecule has 1 aromatic carbocycles. The summed E-state index contributed by atoms with van der Waals surface area (Å²) in [5.41, 5.74) is 1.02. The number of carbonyl (C=O) groups is 2. The van der Waals surface area contributed by atoms with Gasteiger partial charge in [0.1, 0.15) is 11.5 Å². The van der Waals surface area contributed by atoms with Crippen molar-refractivity contribution in [2.24, 2.45) is 0 Å². The average molecular weight is 428 g/mol. The van der Waals surface area contributed by atoms with Crippen LogP contribution in [0, 0.1) is 0 Å². The largest absolute Gasteiger partial charge is 0.330 e. The van der Waals surface area contributed by atoms with Crippen molar-refractivity contribution in [1.82, 2.24) is 19.4 Å². The molecule has 0 radical (unpaired) electrons. The topological polar surface area (TPSA) is 70.5 Å². The van der Waals surface area contributed by atoms with Gasteiger partial charge in [-0.15, -0.1) is 0 Å². The molecule has 7 nitrogen and oxygen atoms in total. The molecule has 2 atom stereocenters. The van der Waals surface area contributed by atoms with E-state index >= 15 is 0 Å². The molecule has 0 spiro atoms. The third kappa shape index (κ3) is 4.13. The number of carbonyl (C=O) groups excluding carboxylic acids is 2. The molecule has 2 aliphatic rings. The van der Waals surface area contributed by atoms with Crippen LogP contribution >= 0.6 is 11.6 Å². The lowest BCUT2D eigenvalue weighted by Crippen LogP contribution is -2.43. The number of hydrogen-bond donors (Lipinski definition) is 1. The first-order valence-electron chi connectivity index (χ1n) is 10.3. The van der Waals surface area contributed by atoms with Crippen molar-refractivity contribution >= 4 is 29.1 Å². The maximum absolute atomic E-state index is 12.8. The van der Waals surface area contributed by atoms with Gasteiger partial charge in [0.2, 0.25) is 5.91 Å². The molecule has 0 bridgehead atoms. The number of nitrogens with one attached hydrogen (secondary N) is 1. The summed E-state index contributed by atoms with van der Waals surface area (Å²) in [6.45, 7) is 7.19. The Bertz CT molecular complexity index is 982. The van der Waals surface area contributed by atoms with Gasteiger partial charge in [0, 0.05) is 18.7 Å². The van der Waals surface area contributed by atoms with E-state index in [1.165, 1.54) is 6.42 Å². The van der Waals surface area contributed by atoms with Crippen LogP contribution in [-0.4, -0.2) is 56.8 Å². The number of fused-ring (bicyclic) bond motifs is 1. The first-order chi connectivity index (χ1) is 14.4. The quantitative estimate of drug-likeness (QED) is 0.743. The Morgan fingerprint density at radius 3 is 2.77 bits per heavy atom. The lowest BCUT2D eigenvalue weighted by Gasteiger charge is -2.35. The van der Waals surface area contributed by atoms with Gasteiger partial charge in [0.15, 0.2) is 0 Å². The molecule has 1 fully saturated rings. The molecule has 1 N–H and O–H groups in total. The Hall–Kier alpha value is -2.64. The van der Waals surface area contributed by atoms with Crippen LogP contribution < -0.4 is 5.32 Å². The fourth-order valence-electron chi connectivity index (χ4n) is 3.93. The molecule has 3 heterocycles. The Labute approximate surface area is 181 Å². The van der Waals surface area contributed by atoms with Gasteiger partial charge in [-0.2, -0.15) is 0 Å². The minimum Gasteiger partial charge on any atom is -0.330 e. The number of aromatic nitrogens is 2. The molecule has 4 rings (SSSR count). The van der Waals surface area contributed by atoms with Gasteiger partial charge in [0.25, 0.3) is 5.91 Å². The molecule has 2 aliphatic heterocycles. The average Bonchev–Trinajstić information content (AvgIpc) is 3.11. The van der Waals surface area contributed by atoms with Crippen molar-refractivity contribution in [3.8, 4) is 0 Å². The van der Waals surface area contributed by atoms with E-state index < -0.39 is 0 Å². The van der Waals surface area contributed by atoms with Crippen molar-refractivity contribution in [2.45, 2.75) is 38.9 Å². The minimum atomic E-state index is -0.267. The van der Waals surface area contributed by atoms with Crippen molar-refractivity contribution in [3.63, 3.8) is 0 Å². The summed E-state index contributed by atoms with van der Waals surface area (Å²) in [6.07, 6.45) is 6.42. The second-order valence-corrected chi connectivity index (χ2v) is 8.33. The molecular weight excluding hydrogens is 402 g/mol. The Balaban J connectivity index is 1.45. The van der Waals surface area contributed by atoms with E-state index in [4.69, 9.17) is 11.6 Å². The molecule has 158 valence electrons. The monoisotopic (exact) mass is 427 g/mol. The molecule has 2 amide bonds. The highest BCUT2D eigenvalue weighted by molar-refractivity contribution is 6.33. The van der Waals surface area contributed by atoms with Crippen molar-refractivity contribution < 1.29 is 9.59 Å². The Morgan fingerprint density at radius 2 is 2.07 bits per heavy atom. The maximum Gasteiger partial charge on any atom is 0.273 e. The zero-order valence-corrected chi connectivity index (χ0v) is 18.0. The van der Waals surface area contributed by atoms with Crippen LogP contribution in [0.4, 0.5) is 5.69 Å². The molecule has 0 unspecified atom stereocenters. The van der Waals surface area contributed by atoms with Crippen LogP contribution in [0.15, 0.2) is 42.6 Å². The number of rotatable bonds is 5. The van der Waals surface area contributed by atoms with E-state index in [0.29, 0.717) is 35.3 Å². The van der Waals surface area contributed by atoms with Crippen molar-refractivity contribution in [1.29, 1.82) is 0 Å². The van der Waals surface area contributed by atoms with Crippen molar-refractivity contribution in [3.05, 3.63) is 59.2 Å². The number of nitrogens with zero attached hydrogens (tertiary/aromatic N) is 4. The van der Waals surface area contributed by atoms with Gasteiger partial charge in [-0.25, -0.2) is 4.98 Å². The van der Waals surface area contributed by atoms with Gasteiger partial charge in [-0.05, 0) is 45.5 Å². The number of hydrogen-bond acceptors (Lipinski definition) is 4. The second kappa shape index (κ2) is 8.62. The van der Waals surface area contributed by atoms with E-state index in [1.54, 1.807) is 29.3 Å². The molecule has 1 saturated heterocycles. The third-order valence-electron chi connectivity index (χ3n) is 5.78. The van der Waals surface area contributed by atoms with E-state index in [1.807, 2.05) is 29.7 Å². The summed E-state index contributed by atoms with van der Waals surface area (Å²) < 4.78 is 1.91. The summed E-state index contributed by atoms with van der Waals surface area (Å²) in [5.74, 6) is 0.415. The van der Waals surface area contributed by atoms with Gasteiger partial charge in [-0.3, -0.25) is 14.5 Å². The molecule has 2 aromatic rings. The molecule has 0 aliphatic carbocycles. The SMILES string of the molecule is C[C@H](/C=C/C(=O)N1Cc2ncc(C(=O)Nc3ccccc3Cl)n2[C@H](C)C1)N1CCC1. The smallest absolute Gasteiger partial charge is 0.273 e. The van der Waals surface area contributed by atoms with Gasteiger partial charge in [0.05, 0.1) is 29.5 Å². The predicted molar refractivity (Wildman–Crippen MR) is 117 cm³/mol. The molecule has 8 heteroatoms. The molecule has 1 aromatic heterocycles. The standard InChI is InChI=1S/C22H26ClN5O2/c1-15(26-10-5-11-26)8-9-21(29)27-13-16(2)28-19(12-24-20(28)14-27)22(30)25-18-7-4-3-6-17(18)23/h3-4,6-9,12,15-16H,5,10-11,13-14H2,1-2H3,(H,25,30)/b9-8+/t15-,16-/m1/s1. The highest BCUT2D eigenvalue weighted by Gasteiger charge is 2.29. The van der Waals surface area contributed by atoms with Crippen LogP contribution in [0.25, 0.3) is 0 Å². The summed E-state index contributed by atoms with van der Waals surface area (Å²) >= 11 is 6.15. The number of imidazole rings is 1. The van der Waals surface area contributed by atoms with Crippen LogP contribution in [0.3, 0.4) is 0 Å². The number of amides is 2. The lowest BCUT2D eigenvalue weighted by atomic mass is 10.1. The second-order valence-electron chi connectivity index (χ2n) is 7.92. The third-order valence-corrected chi connectivity index (χ3v) is 6.11. The summed E-state index contributed by atoms with van der Waals surface area (Å²) in [4.78, 5) is 34.0. The van der Waals surface area contributed by atoms with Crippen LogP contribution in [-0.2, 0) is 11.3 Å². The fraction of sp³-hybridized carbons (Fsp3) is 0.409. The predicted octanol–water partition coefficient (Wildman–Crippen LogP) is 3.34. The number of benzene rings is 1. The maximum atomic E-state index is 12.8. The van der Waals surface area contributed by atoms with Crippen LogP contribution in [0.5, 0.6) is 0 Å². The first-order valence-corrected chi connectivity index (χ1v) is 10.6. The zero-order valence-electron chi connectivity index (χ0n) is 17.2. The molecular formula is C22H26ClN5O2. The highest BCUT2D eigenvalue weighted by atomic mass is 35.5. The number of para-hydroxylation sites is 1. The van der Waals surface area contributed by atoms with Gasteiger partial charge >= 0.3 is 0 Å². The van der Waals surface area contributed by atoms with E-state index in [9.17, 15) is 9.59 Å². The van der Waals surface area contributed by atoms with Crippen LogP contribution in [0.1, 0.15) is 42.6 Å².